The molecular formula is C13H28N2O. The van der Waals surface area contributed by atoms with Gasteiger partial charge in [-0.1, -0.05) is 27.7 Å². The average Bonchev–Trinajstić information content (AvgIpc) is 2.25. The predicted molar refractivity (Wildman–Crippen MR) is 68.7 cm³/mol. The summed E-state index contributed by atoms with van der Waals surface area (Å²) in [5.74, 6) is 1.35. The highest BCUT2D eigenvalue weighted by molar-refractivity contribution is 4.88. The molecule has 16 heavy (non-hydrogen) atoms. The van der Waals surface area contributed by atoms with Crippen LogP contribution in [0.5, 0.6) is 0 Å². The standard InChI is InChI=1S/C13H28N2O/c1-10(2)12-8-14-6-7-15(12)13(9-16-5)11(3)4/h10-14H,6-9H2,1-5H3. The van der Waals surface area contributed by atoms with Crippen molar-refractivity contribution >= 4 is 0 Å². The molecule has 0 spiro atoms. The van der Waals surface area contributed by atoms with Gasteiger partial charge in [-0.15, -0.1) is 0 Å². The largest absolute Gasteiger partial charge is 0.383 e. The fourth-order valence-corrected chi connectivity index (χ4v) is 2.61. The van der Waals surface area contributed by atoms with Crippen molar-refractivity contribution in [3.8, 4) is 0 Å². The van der Waals surface area contributed by atoms with Crippen LogP contribution in [-0.2, 0) is 4.74 Å². The molecule has 2 atom stereocenters. The highest BCUT2D eigenvalue weighted by Gasteiger charge is 2.31. The Balaban J connectivity index is 2.70. The zero-order chi connectivity index (χ0) is 12.1. The SMILES string of the molecule is COCC(C(C)C)N1CCNCC1C(C)C. The maximum atomic E-state index is 5.38. The van der Waals surface area contributed by atoms with E-state index in [1.807, 2.05) is 7.11 Å². The molecule has 1 aliphatic rings. The van der Waals surface area contributed by atoms with Gasteiger partial charge in [0, 0.05) is 38.8 Å². The van der Waals surface area contributed by atoms with Gasteiger partial charge in [0.2, 0.25) is 0 Å². The van der Waals surface area contributed by atoms with Crippen molar-refractivity contribution in [1.29, 1.82) is 0 Å². The molecule has 1 heterocycles. The summed E-state index contributed by atoms with van der Waals surface area (Å²) in [4.78, 5) is 2.65. The number of hydrogen-bond donors (Lipinski definition) is 1. The lowest BCUT2D eigenvalue weighted by molar-refractivity contribution is 0.00982. The van der Waals surface area contributed by atoms with Gasteiger partial charge in [0.25, 0.3) is 0 Å². The molecule has 1 rings (SSSR count). The number of piperazine rings is 1. The Morgan fingerprint density at radius 3 is 2.50 bits per heavy atom. The first-order valence-electron chi connectivity index (χ1n) is 6.53. The summed E-state index contributed by atoms with van der Waals surface area (Å²) in [5, 5.41) is 3.50. The van der Waals surface area contributed by atoms with E-state index in [1.54, 1.807) is 0 Å². The molecule has 1 aliphatic heterocycles. The summed E-state index contributed by atoms with van der Waals surface area (Å²) in [6.45, 7) is 13.4. The first-order chi connectivity index (χ1) is 7.57. The molecule has 0 saturated carbocycles. The van der Waals surface area contributed by atoms with Crippen LogP contribution in [0.25, 0.3) is 0 Å². The number of ether oxygens (including phenoxy) is 1. The topological polar surface area (TPSA) is 24.5 Å². The van der Waals surface area contributed by atoms with E-state index >= 15 is 0 Å². The number of nitrogens with one attached hydrogen (secondary N) is 1. The molecule has 2 unspecified atom stereocenters. The number of nitrogens with zero attached hydrogens (tertiary/aromatic N) is 1. The van der Waals surface area contributed by atoms with Crippen LogP contribution in [-0.4, -0.2) is 50.3 Å². The molecular weight excluding hydrogens is 200 g/mol. The minimum Gasteiger partial charge on any atom is -0.383 e. The number of methoxy groups -OCH3 is 1. The minimum atomic E-state index is 0.555. The quantitative estimate of drug-likeness (QED) is 0.773. The summed E-state index contributed by atoms with van der Waals surface area (Å²) in [7, 11) is 1.81. The van der Waals surface area contributed by atoms with Crippen LogP contribution in [0.2, 0.25) is 0 Å². The highest BCUT2D eigenvalue weighted by Crippen LogP contribution is 2.20. The summed E-state index contributed by atoms with van der Waals surface area (Å²) < 4.78 is 5.38. The molecule has 1 saturated heterocycles. The lowest BCUT2D eigenvalue weighted by Gasteiger charge is -2.44. The van der Waals surface area contributed by atoms with Crippen LogP contribution >= 0.6 is 0 Å². The lowest BCUT2D eigenvalue weighted by Crippen LogP contribution is -2.59. The second-order valence-electron chi connectivity index (χ2n) is 5.52. The van der Waals surface area contributed by atoms with Crippen molar-refractivity contribution in [3.63, 3.8) is 0 Å². The molecule has 0 radical (unpaired) electrons. The van der Waals surface area contributed by atoms with Crippen molar-refractivity contribution < 1.29 is 4.74 Å². The maximum Gasteiger partial charge on any atom is 0.0620 e. The summed E-state index contributed by atoms with van der Waals surface area (Å²) in [6.07, 6.45) is 0. The van der Waals surface area contributed by atoms with Crippen molar-refractivity contribution in [1.82, 2.24) is 10.2 Å². The normalized spacial score (nSPS) is 25.3. The van der Waals surface area contributed by atoms with Crippen LogP contribution in [0, 0.1) is 11.8 Å². The Labute approximate surface area is 101 Å². The number of rotatable bonds is 5. The Morgan fingerprint density at radius 1 is 1.31 bits per heavy atom. The monoisotopic (exact) mass is 228 g/mol. The Morgan fingerprint density at radius 2 is 2.00 bits per heavy atom. The smallest absolute Gasteiger partial charge is 0.0620 e. The molecule has 3 nitrogen and oxygen atoms in total. The Hall–Kier alpha value is -0.120. The fourth-order valence-electron chi connectivity index (χ4n) is 2.61. The van der Waals surface area contributed by atoms with Gasteiger partial charge in [0.05, 0.1) is 6.61 Å². The molecule has 0 aromatic heterocycles. The summed E-state index contributed by atoms with van der Waals surface area (Å²) in [6, 6.07) is 1.20. The van der Waals surface area contributed by atoms with Gasteiger partial charge in [0.15, 0.2) is 0 Å². The third kappa shape index (κ3) is 3.44. The van der Waals surface area contributed by atoms with Gasteiger partial charge >= 0.3 is 0 Å². The van der Waals surface area contributed by atoms with Gasteiger partial charge in [-0.25, -0.2) is 0 Å². The van der Waals surface area contributed by atoms with E-state index < -0.39 is 0 Å². The van der Waals surface area contributed by atoms with Crippen LogP contribution < -0.4 is 5.32 Å². The second kappa shape index (κ2) is 6.58. The Kier molecular flexibility index (Phi) is 5.73. The zero-order valence-corrected chi connectivity index (χ0v) is 11.5. The maximum absolute atomic E-state index is 5.38. The van der Waals surface area contributed by atoms with Crippen LogP contribution in [0.3, 0.4) is 0 Å². The van der Waals surface area contributed by atoms with Crippen molar-refractivity contribution in [2.45, 2.75) is 39.8 Å². The van der Waals surface area contributed by atoms with E-state index in [1.165, 1.54) is 0 Å². The highest BCUT2D eigenvalue weighted by atomic mass is 16.5. The minimum absolute atomic E-state index is 0.555. The molecule has 0 aliphatic carbocycles. The molecule has 0 aromatic rings. The van der Waals surface area contributed by atoms with E-state index in [-0.39, 0.29) is 0 Å². The first-order valence-corrected chi connectivity index (χ1v) is 6.53. The van der Waals surface area contributed by atoms with E-state index in [9.17, 15) is 0 Å². The van der Waals surface area contributed by atoms with Crippen molar-refractivity contribution in [2.24, 2.45) is 11.8 Å². The van der Waals surface area contributed by atoms with Gasteiger partial charge in [-0.2, -0.15) is 0 Å². The van der Waals surface area contributed by atoms with Crippen LogP contribution in [0.15, 0.2) is 0 Å². The summed E-state index contributed by atoms with van der Waals surface area (Å²) >= 11 is 0. The van der Waals surface area contributed by atoms with Gasteiger partial charge in [0.1, 0.15) is 0 Å². The van der Waals surface area contributed by atoms with Gasteiger partial charge in [-0.3, -0.25) is 4.90 Å². The number of hydrogen-bond acceptors (Lipinski definition) is 3. The molecule has 0 amide bonds. The molecule has 1 N–H and O–H groups in total. The van der Waals surface area contributed by atoms with E-state index in [2.05, 4.69) is 37.9 Å². The van der Waals surface area contributed by atoms with Crippen LogP contribution in [0.4, 0.5) is 0 Å². The van der Waals surface area contributed by atoms with Crippen molar-refractivity contribution in [2.75, 3.05) is 33.4 Å². The first kappa shape index (κ1) is 13.9. The molecule has 0 aromatic carbocycles. The second-order valence-corrected chi connectivity index (χ2v) is 5.52. The Bertz CT molecular complexity index is 194. The predicted octanol–water partition coefficient (Wildman–Crippen LogP) is 1.59. The zero-order valence-electron chi connectivity index (χ0n) is 11.5. The third-order valence-corrected chi connectivity index (χ3v) is 3.63. The van der Waals surface area contributed by atoms with E-state index in [0.717, 1.165) is 26.2 Å². The third-order valence-electron chi connectivity index (χ3n) is 3.63. The lowest BCUT2D eigenvalue weighted by atomic mass is 9.94. The van der Waals surface area contributed by atoms with E-state index in [0.29, 0.717) is 23.9 Å². The molecule has 1 fully saturated rings. The molecule has 96 valence electrons. The van der Waals surface area contributed by atoms with Crippen molar-refractivity contribution in [3.05, 3.63) is 0 Å². The van der Waals surface area contributed by atoms with E-state index in [4.69, 9.17) is 4.74 Å². The molecule has 3 heteroatoms. The summed E-state index contributed by atoms with van der Waals surface area (Å²) in [5.41, 5.74) is 0. The van der Waals surface area contributed by atoms with Gasteiger partial charge < -0.3 is 10.1 Å². The van der Waals surface area contributed by atoms with Crippen LogP contribution in [0.1, 0.15) is 27.7 Å². The molecule has 0 bridgehead atoms. The fraction of sp³-hybridized carbons (Fsp3) is 1.00. The van der Waals surface area contributed by atoms with Gasteiger partial charge in [-0.05, 0) is 11.8 Å². The average molecular weight is 228 g/mol.